The Balaban J connectivity index is 1.76. The van der Waals surface area contributed by atoms with Crippen LogP contribution in [0.5, 0.6) is 0 Å². The van der Waals surface area contributed by atoms with Gasteiger partial charge in [-0.3, -0.25) is 14.9 Å². The van der Waals surface area contributed by atoms with Gasteiger partial charge in [0.15, 0.2) is 0 Å². The van der Waals surface area contributed by atoms with Gasteiger partial charge in [-0.15, -0.1) is 0 Å². The van der Waals surface area contributed by atoms with E-state index in [4.69, 9.17) is 0 Å². The molecule has 0 atom stereocenters. The Kier molecular flexibility index (Phi) is 4.04. The molecule has 0 fully saturated rings. The summed E-state index contributed by atoms with van der Waals surface area (Å²) >= 11 is 0. The first kappa shape index (κ1) is 15.9. The highest BCUT2D eigenvalue weighted by molar-refractivity contribution is 6.22. The largest absolute Gasteiger partial charge is 0.367 e. The van der Waals surface area contributed by atoms with Gasteiger partial charge in [-0.1, -0.05) is 37.6 Å². The van der Waals surface area contributed by atoms with Crippen LogP contribution in [0, 0.1) is 0 Å². The van der Waals surface area contributed by atoms with E-state index in [0.29, 0.717) is 11.1 Å². The van der Waals surface area contributed by atoms with Crippen LogP contribution in [0.3, 0.4) is 0 Å². The molecular formula is C21H22N2O2. The van der Waals surface area contributed by atoms with Crippen molar-refractivity contribution in [2.24, 2.45) is 0 Å². The number of amides is 2. The average molecular weight is 334 g/mol. The van der Waals surface area contributed by atoms with Crippen LogP contribution in [0.1, 0.15) is 57.2 Å². The summed E-state index contributed by atoms with van der Waals surface area (Å²) in [4.78, 5) is 26.7. The smallest absolute Gasteiger partial charge is 0.259 e. The Bertz CT molecular complexity index is 857. The summed E-state index contributed by atoms with van der Waals surface area (Å²) in [6.07, 6.45) is 3.90. The average Bonchev–Trinajstić information content (AvgIpc) is 2.93. The number of hydrogen-bond acceptors (Lipinski definition) is 3. The van der Waals surface area contributed by atoms with Crippen molar-refractivity contribution in [2.45, 2.75) is 39.2 Å². The van der Waals surface area contributed by atoms with E-state index in [9.17, 15) is 9.59 Å². The van der Waals surface area contributed by atoms with Gasteiger partial charge in [0.1, 0.15) is 0 Å². The third kappa shape index (κ3) is 2.72. The molecule has 4 heteroatoms. The van der Waals surface area contributed by atoms with Crippen LogP contribution in [-0.4, -0.2) is 18.4 Å². The number of rotatable bonds is 4. The van der Waals surface area contributed by atoms with Crippen molar-refractivity contribution in [1.29, 1.82) is 0 Å². The Hall–Kier alpha value is -2.62. The van der Waals surface area contributed by atoms with Crippen molar-refractivity contribution in [2.75, 3.05) is 11.4 Å². The number of benzene rings is 2. The van der Waals surface area contributed by atoms with Crippen molar-refractivity contribution in [3.8, 4) is 0 Å². The molecule has 128 valence electrons. The van der Waals surface area contributed by atoms with Gasteiger partial charge in [0.25, 0.3) is 11.8 Å². The van der Waals surface area contributed by atoms with E-state index in [2.05, 4.69) is 41.4 Å². The maximum Gasteiger partial charge on any atom is 0.259 e. The standard InChI is InChI=1S/C21H22N2O2/c1-2-3-8-16-18(10-9-17-19(16)21(25)22-20(17)24)23-12-11-14-6-4-5-7-15(14)13-23/h4-7,9-10H,2-3,8,11-13H2,1H3,(H,22,24,25). The van der Waals surface area contributed by atoms with Crippen LogP contribution in [0.15, 0.2) is 36.4 Å². The first-order valence-electron chi connectivity index (χ1n) is 9.02. The highest BCUT2D eigenvalue weighted by Crippen LogP contribution is 2.33. The SMILES string of the molecule is CCCCc1c(N2CCc3ccccc3C2)ccc2c1C(=O)NC2=O. The van der Waals surface area contributed by atoms with Crippen LogP contribution < -0.4 is 10.2 Å². The second-order valence-corrected chi connectivity index (χ2v) is 6.81. The Morgan fingerprint density at radius 2 is 1.84 bits per heavy atom. The zero-order valence-electron chi connectivity index (χ0n) is 14.5. The maximum absolute atomic E-state index is 12.3. The lowest BCUT2D eigenvalue weighted by molar-refractivity contribution is 0.0879. The fraction of sp³-hybridized carbons (Fsp3) is 0.333. The number of imide groups is 1. The number of nitrogens with zero attached hydrogens (tertiary/aromatic N) is 1. The lowest BCUT2D eigenvalue weighted by Crippen LogP contribution is -2.31. The fourth-order valence-electron chi connectivity index (χ4n) is 3.92. The molecular weight excluding hydrogens is 312 g/mol. The summed E-state index contributed by atoms with van der Waals surface area (Å²) in [6, 6.07) is 12.4. The third-order valence-corrected chi connectivity index (χ3v) is 5.24. The summed E-state index contributed by atoms with van der Waals surface area (Å²) in [7, 11) is 0. The van der Waals surface area contributed by atoms with Crippen LogP contribution >= 0.6 is 0 Å². The minimum atomic E-state index is -0.270. The molecule has 0 aromatic heterocycles. The lowest BCUT2D eigenvalue weighted by atomic mass is 9.93. The molecule has 2 aromatic carbocycles. The zero-order valence-corrected chi connectivity index (χ0v) is 14.5. The number of hydrogen-bond donors (Lipinski definition) is 1. The van der Waals surface area contributed by atoms with Gasteiger partial charge in [0, 0.05) is 18.8 Å². The first-order valence-corrected chi connectivity index (χ1v) is 9.02. The van der Waals surface area contributed by atoms with Crippen LogP contribution in [0.2, 0.25) is 0 Å². The molecule has 2 amide bonds. The van der Waals surface area contributed by atoms with E-state index in [1.165, 1.54) is 11.1 Å². The van der Waals surface area contributed by atoms with E-state index < -0.39 is 0 Å². The molecule has 25 heavy (non-hydrogen) atoms. The zero-order chi connectivity index (χ0) is 17.4. The topological polar surface area (TPSA) is 49.4 Å². The van der Waals surface area contributed by atoms with Gasteiger partial charge in [-0.25, -0.2) is 0 Å². The van der Waals surface area contributed by atoms with Gasteiger partial charge in [-0.05, 0) is 48.1 Å². The van der Waals surface area contributed by atoms with Gasteiger partial charge in [0.05, 0.1) is 11.1 Å². The van der Waals surface area contributed by atoms with Gasteiger partial charge in [-0.2, -0.15) is 0 Å². The summed E-state index contributed by atoms with van der Waals surface area (Å²) in [6.45, 7) is 3.93. The van der Waals surface area contributed by atoms with E-state index >= 15 is 0 Å². The molecule has 0 spiro atoms. The minimum absolute atomic E-state index is 0.245. The molecule has 0 bridgehead atoms. The molecule has 2 aliphatic heterocycles. The van der Waals surface area contributed by atoms with Crippen molar-refractivity contribution in [3.05, 3.63) is 64.2 Å². The Morgan fingerprint density at radius 1 is 1.04 bits per heavy atom. The molecule has 2 aliphatic rings. The van der Waals surface area contributed by atoms with Crippen LogP contribution in [-0.2, 0) is 19.4 Å². The van der Waals surface area contributed by atoms with Crippen molar-refractivity contribution in [1.82, 2.24) is 5.32 Å². The van der Waals surface area contributed by atoms with Crippen LogP contribution in [0.4, 0.5) is 5.69 Å². The van der Waals surface area contributed by atoms with Crippen LogP contribution in [0.25, 0.3) is 0 Å². The van der Waals surface area contributed by atoms with Gasteiger partial charge < -0.3 is 4.90 Å². The fourth-order valence-corrected chi connectivity index (χ4v) is 3.92. The van der Waals surface area contributed by atoms with Crippen molar-refractivity contribution < 1.29 is 9.59 Å². The molecule has 2 aromatic rings. The van der Waals surface area contributed by atoms with Crippen molar-refractivity contribution >= 4 is 17.5 Å². The maximum atomic E-state index is 12.3. The van der Waals surface area contributed by atoms with Gasteiger partial charge in [0.2, 0.25) is 0 Å². The number of anilines is 1. The minimum Gasteiger partial charge on any atom is -0.367 e. The number of unbranched alkanes of at least 4 members (excludes halogenated alkanes) is 1. The molecule has 0 unspecified atom stereocenters. The van der Waals surface area contributed by atoms with Crippen molar-refractivity contribution in [3.63, 3.8) is 0 Å². The molecule has 4 rings (SSSR count). The normalized spacial score (nSPS) is 15.8. The number of fused-ring (bicyclic) bond motifs is 2. The molecule has 0 radical (unpaired) electrons. The Labute approximate surface area is 147 Å². The molecule has 2 heterocycles. The monoisotopic (exact) mass is 334 g/mol. The lowest BCUT2D eigenvalue weighted by Gasteiger charge is -2.33. The predicted molar refractivity (Wildman–Crippen MR) is 98.0 cm³/mol. The summed E-state index contributed by atoms with van der Waals surface area (Å²) < 4.78 is 0. The van der Waals surface area contributed by atoms with E-state index in [1.807, 2.05) is 6.07 Å². The molecule has 4 nitrogen and oxygen atoms in total. The summed E-state index contributed by atoms with van der Waals surface area (Å²) in [5, 5.41) is 2.45. The second kappa shape index (κ2) is 6.36. The molecule has 0 saturated heterocycles. The quantitative estimate of drug-likeness (QED) is 0.871. The number of nitrogens with one attached hydrogen (secondary N) is 1. The third-order valence-electron chi connectivity index (χ3n) is 5.24. The number of carbonyl (C=O) groups is 2. The predicted octanol–water partition coefficient (Wildman–Crippen LogP) is 3.48. The molecule has 0 saturated carbocycles. The Morgan fingerprint density at radius 3 is 2.64 bits per heavy atom. The second-order valence-electron chi connectivity index (χ2n) is 6.81. The highest BCUT2D eigenvalue weighted by atomic mass is 16.2. The molecule has 1 N–H and O–H groups in total. The number of carbonyl (C=O) groups excluding carboxylic acids is 2. The summed E-state index contributed by atoms with van der Waals surface area (Å²) in [5.74, 6) is -0.515. The first-order chi connectivity index (χ1) is 12.2. The molecule has 0 aliphatic carbocycles. The van der Waals surface area contributed by atoms with E-state index in [1.54, 1.807) is 6.07 Å². The van der Waals surface area contributed by atoms with E-state index in [0.717, 1.165) is 50.0 Å². The van der Waals surface area contributed by atoms with Gasteiger partial charge >= 0.3 is 0 Å². The summed E-state index contributed by atoms with van der Waals surface area (Å²) in [5.41, 5.74) is 6.00. The van der Waals surface area contributed by atoms with E-state index in [-0.39, 0.29) is 11.8 Å². The highest BCUT2D eigenvalue weighted by Gasteiger charge is 2.32.